The molecule has 7 nitrogen and oxygen atoms in total. The van der Waals surface area contributed by atoms with Crippen LogP contribution in [0.15, 0.2) is 53.5 Å². The number of aliphatic imine (C=N–C) groups is 1. The number of hydrogen-bond acceptors (Lipinski definition) is 6. The SMILES string of the molecule is COc1ccccc1-c1ccc(C2=N[C@@H](C(C)C(=O)O)c3nnc(C)n3-c3sc(C)c(C)c32)cc1. The maximum Gasteiger partial charge on any atom is 0.308 e. The van der Waals surface area contributed by atoms with Crippen molar-refractivity contribution >= 4 is 23.0 Å². The maximum atomic E-state index is 12.0. The monoisotopic (exact) mass is 486 g/mol. The topological polar surface area (TPSA) is 89.6 Å². The van der Waals surface area contributed by atoms with Crippen LogP contribution < -0.4 is 4.74 Å². The summed E-state index contributed by atoms with van der Waals surface area (Å²) in [5, 5.41) is 19.5. The molecular weight excluding hydrogens is 460 g/mol. The van der Waals surface area contributed by atoms with Gasteiger partial charge in [0.2, 0.25) is 0 Å². The fraction of sp³-hybridized carbons (Fsp3) is 0.259. The summed E-state index contributed by atoms with van der Waals surface area (Å²) in [4.78, 5) is 18.3. The lowest BCUT2D eigenvalue weighted by Crippen LogP contribution is -2.21. The molecule has 1 unspecified atom stereocenters. The highest BCUT2D eigenvalue weighted by Crippen LogP contribution is 2.41. The van der Waals surface area contributed by atoms with E-state index in [1.54, 1.807) is 25.4 Å². The lowest BCUT2D eigenvalue weighted by Gasteiger charge is -2.16. The van der Waals surface area contributed by atoms with Crippen LogP contribution in [0.25, 0.3) is 16.1 Å². The number of benzene rings is 2. The number of thiophene rings is 1. The highest BCUT2D eigenvalue weighted by molar-refractivity contribution is 7.15. The molecule has 0 saturated carbocycles. The Balaban J connectivity index is 1.71. The molecule has 0 amide bonds. The van der Waals surface area contributed by atoms with Crippen LogP contribution in [0, 0.1) is 26.7 Å². The average molecular weight is 487 g/mol. The first-order chi connectivity index (χ1) is 16.8. The summed E-state index contributed by atoms with van der Waals surface area (Å²) in [7, 11) is 1.67. The first-order valence-corrected chi connectivity index (χ1v) is 12.2. The third-order valence-electron chi connectivity index (χ3n) is 6.63. The van der Waals surface area contributed by atoms with E-state index in [1.807, 2.05) is 47.9 Å². The van der Waals surface area contributed by atoms with Crippen LogP contribution in [0.2, 0.25) is 0 Å². The molecule has 0 saturated heterocycles. The molecule has 2 aromatic heterocycles. The molecule has 1 N–H and O–H groups in total. The zero-order valence-corrected chi connectivity index (χ0v) is 21.1. The second-order valence-corrected chi connectivity index (χ2v) is 9.93. The van der Waals surface area contributed by atoms with Crippen LogP contribution in [0.1, 0.15) is 46.2 Å². The van der Waals surface area contributed by atoms with Gasteiger partial charge in [-0.2, -0.15) is 0 Å². The average Bonchev–Trinajstić information content (AvgIpc) is 3.33. The molecule has 2 aromatic carbocycles. The van der Waals surface area contributed by atoms with Gasteiger partial charge in [-0.05, 0) is 44.9 Å². The van der Waals surface area contributed by atoms with Gasteiger partial charge in [0.15, 0.2) is 5.82 Å². The molecule has 35 heavy (non-hydrogen) atoms. The van der Waals surface area contributed by atoms with Crippen LogP contribution in [-0.2, 0) is 4.79 Å². The smallest absolute Gasteiger partial charge is 0.308 e. The predicted molar refractivity (Wildman–Crippen MR) is 137 cm³/mol. The Morgan fingerprint density at radius 2 is 1.74 bits per heavy atom. The molecule has 3 heterocycles. The summed E-state index contributed by atoms with van der Waals surface area (Å²) in [6.45, 7) is 7.74. The fourth-order valence-corrected chi connectivity index (χ4v) is 5.72. The van der Waals surface area contributed by atoms with Crippen molar-refractivity contribution in [3.63, 3.8) is 0 Å². The lowest BCUT2D eigenvalue weighted by atomic mass is 9.96. The largest absolute Gasteiger partial charge is 0.496 e. The zero-order chi connectivity index (χ0) is 24.9. The van der Waals surface area contributed by atoms with Gasteiger partial charge in [-0.1, -0.05) is 42.5 Å². The van der Waals surface area contributed by atoms with E-state index >= 15 is 0 Å². The molecular formula is C27H26N4O3S. The van der Waals surface area contributed by atoms with Crippen LogP contribution in [0.5, 0.6) is 5.75 Å². The van der Waals surface area contributed by atoms with Gasteiger partial charge in [0.25, 0.3) is 0 Å². The number of hydrogen-bond donors (Lipinski definition) is 1. The third kappa shape index (κ3) is 3.74. The number of methoxy groups -OCH3 is 1. The molecule has 5 rings (SSSR count). The Hall–Kier alpha value is -3.78. The Morgan fingerprint density at radius 3 is 2.43 bits per heavy atom. The first kappa shape index (κ1) is 23.0. The van der Waals surface area contributed by atoms with Crippen LogP contribution in [-0.4, -0.2) is 38.7 Å². The minimum Gasteiger partial charge on any atom is -0.496 e. The molecule has 8 heteroatoms. The van der Waals surface area contributed by atoms with E-state index in [-0.39, 0.29) is 0 Å². The zero-order valence-electron chi connectivity index (χ0n) is 20.2. The van der Waals surface area contributed by atoms with Crippen molar-refractivity contribution in [1.29, 1.82) is 0 Å². The molecule has 1 aliphatic rings. The molecule has 178 valence electrons. The van der Waals surface area contributed by atoms with Gasteiger partial charge in [-0.25, -0.2) is 0 Å². The molecule has 0 aliphatic carbocycles. The van der Waals surface area contributed by atoms with Crippen molar-refractivity contribution < 1.29 is 14.6 Å². The molecule has 2 atom stereocenters. The molecule has 0 radical (unpaired) electrons. The van der Waals surface area contributed by atoms with E-state index in [0.29, 0.717) is 11.6 Å². The number of nitrogens with zero attached hydrogens (tertiary/aromatic N) is 4. The van der Waals surface area contributed by atoms with Crippen LogP contribution in [0.3, 0.4) is 0 Å². The molecule has 0 bridgehead atoms. The molecule has 1 aliphatic heterocycles. The summed E-state index contributed by atoms with van der Waals surface area (Å²) < 4.78 is 7.51. The number of rotatable bonds is 5. The molecule has 4 aromatic rings. The molecule has 0 fully saturated rings. The summed E-state index contributed by atoms with van der Waals surface area (Å²) in [6.07, 6.45) is 0. The lowest BCUT2D eigenvalue weighted by molar-refractivity contribution is -0.141. The van der Waals surface area contributed by atoms with Crippen molar-refractivity contribution in [3.05, 3.63) is 81.7 Å². The number of para-hydroxylation sites is 1. The van der Waals surface area contributed by atoms with E-state index in [4.69, 9.17) is 9.73 Å². The van der Waals surface area contributed by atoms with Crippen LogP contribution >= 0.6 is 11.3 Å². The van der Waals surface area contributed by atoms with E-state index < -0.39 is 17.9 Å². The predicted octanol–water partition coefficient (Wildman–Crippen LogP) is 5.54. The Morgan fingerprint density at radius 1 is 1.06 bits per heavy atom. The van der Waals surface area contributed by atoms with Gasteiger partial charge in [0.05, 0.1) is 18.7 Å². The van der Waals surface area contributed by atoms with Gasteiger partial charge in [-0.15, -0.1) is 21.5 Å². The van der Waals surface area contributed by atoms with Crippen LogP contribution in [0.4, 0.5) is 0 Å². The van der Waals surface area contributed by atoms with Crippen molar-refractivity contribution in [3.8, 4) is 21.9 Å². The number of carbonyl (C=O) groups is 1. The third-order valence-corrected chi connectivity index (χ3v) is 7.82. The van der Waals surface area contributed by atoms with Gasteiger partial charge < -0.3 is 9.84 Å². The van der Waals surface area contributed by atoms with Crippen molar-refractivity contribution in [2.45, 2.75) is 33.7 Å². The summed E-state index contributed by atoms with van der Waals surface area (Å²) in [5.74, 6) is 0.390. The minimum atomic E-state index is -0.921. The van der Waals surface area contributed by atoms with Crippen molar-refractivity contribution in [2.24, 2.45) is 10.9 Å². The van der Waals surface area contributed by atoms with Gasteiger partial charge in [0.1, 0.15) is 22.6 Å². The van der Waals surface area contributed by atoms with E-state index in [2.05, 4.69) is 36.2 Å². The Labute approximate surface area is 207 Å². The second kappa shape index (κ2) is 8.78. The fourth-order valence-electron chi connectivity index (χ4n) is 4.51. The normalized spacial score (nSPS) is 15.6. The van der Waals surface area contributed by atoms with E-state index in [0.717, 1.165) is 44.3 Å². The van der Waals surface area contributed by atoms with Gasteiger partial charge in [-0.3, -0.25) is 14.4 Å². The summed E-state index contributed by atoms with van der Waals surface area (Å²) >= 11 is 1.66. The number of aromatic nitrogens is 3. The minimum absolute atomic E-state index is 0.556. The van der Waals surface area contributed by atoms with Crippen molar-refractivity contribution in [2.75, 3.05) is 7.11 Å². The number of carboxylic acids is 1. The van der Waals surface area contributed by atoms with E-state index in [9.17, 15) is 9.90 Å². The standard InChI is InChI=1S/C27H26N4O3S/c1-14-16(3)35-26-22(14)24(28-23(15(2)27(32)33)25-30-29-17(4)31(25)26)19-12-10-18(11-13-19)20-8-6-7-9-21(20)34-5/h6-13,15,23H,1-5H3,(H,32,33)/t15?,23-/m0/s1. The Bertz CT molecular complexity index is 1470. The van der Waals surface area contributed by atoms with Gasteiger partial charge >= 0.3 is 5.97 Å². The maximum absolute atomic E-state index is 12.0. The number of carboxylic acid groups (broad SMARTS) is 1. The van der Waals surface area contributed by atoms with E-state index in [1.165, 1.54) is 4.88 Å². The Kier molecular flexibility index (Phi) is 5.76. The van der Waals surface area contributed by atoms with Gasteiger partial charge in [0, 0.05) is 21.6 Å². The summed E-state index contributed by atoms with van der Waals surface area (Å²) in [5.41, 5.74) is 5.86. The number of aryl methyl sites for hydroxylation is 2. The number of aliphatic carboxylic acids is 1. The highest BCUT2D eigenvalue weighted by atomic mass is 32.1. The second-order valence-electron chi connectivity index (χ2n) is 8.73. The highest BCUT2D eigenvalue weighted by Gasteiger charge is 2.36. The van der Waals surface area contributed by atoms with Crippen molar-refractivity contribution in [1.82, 2.24) is 14.8 Å². The molecule has 0 spiro atoms. The summed E-state index contributed by atoms with van der Waals surface area (Å²) in [6, 6.07) is 15.4. The first-order valence-electron chi connectivity index (χ1n) is 11.4. The quantitative estimate of drug-likeness (QED) is 0.400. The number of ether oxygens (including phenoxy) is 1. The number of fused-ring (bicyclic) bond motifs is 3.